The molecule has 0 nitrogen and oxygen atoms in total. The van der Waals surface area contributed by atoms with Crippen molar-refractivity contribution in [2.45, 2.75) is 11.8 Å². The highest BCUT2D eigenvalue weighted by Gasteiger charge is 2.46. The van der Waals surface area contributed by atoms with Gasteiger partial charge in [0.15, 0.2) is 0 Å². The quantitative estimate of drug-likeness (QED) is 0.537. The fourth-order valence-corrected chi connectivity index (χ4v) is 5.71. The van der Waals surface area contributed by atoms with Crippen molar-refractivity contribution in [2.24, 2.45) is 5.92 Å². The van der Waals surface area contributed by atoms with Gasteiger partial charge in [-0.3, -0.25) is 0 Å². The molecule has 31 heavy (non-hydrogen) atoms. The van der Waals surface area contributed by atoms with E-state index in [0.29, 0.717) is 0 Å². The molecule has 3 aliphatic rings. The van der Waals surface area contributed by atoms with E-state index < -0.39 is 0 Å². The van der Waals surface area contributed by atoms with Crippen molar-refractivity contribution >= 4 is 11.1 Å². The monoisotopic (exact) mass is 396 g/mol. The van der Waals surface area contributed by atoms with Crippen LogP contribution < -0.4 is 10.4 Å². The topological polar surface area (TPSA) is 0 Å². The van der Waals surface area contributed by atoms with E-state index in [1.54, 1.807) is 0 Å². The molecule has 0 unspecified atom stereocenters. The lowest BCUT2D eigenvalue weighted by Crippen LogP contribution is -2.40. The van der Waals surface area contributed by atoms with Gasteiger partial charge in [0.25, 0.3) is 0 Å². The Labute approximate surface area is 183 Å². The number of rotatable bonds is 4. The fourth-order valence-electron chi connectivity index (χ4n) is 5.71. The zero-order valence-corrected chi connectivity index (χ0v) is 17.4. The summed E-state index contributed by atoms with van der Waals surface area (Å²) in [6.07, 6.45) is 17.0. The Morgan fingerprint density at radius 3 is 1.84 bits per heavy atom. The number of hydrogen-bond acceptors (Lipinski definition) is 0. The Bertz CT molecular complexity index is 1330. The van der Waals surface area contributed by atoms with Crippen LogP contribution in [0.25, 0.3) is 11.1 Å². The lowest BCUT2D eigenvalue weighted by molar-refractivity contribution is 0.565. The Kier molecular flexibility index (Phi) is 4.25. The molecule has 0 heterocycles. The van der Waals surface area contributed by atoms with Crippen molar-refractivity contribution < 1.29 is 0 Å². The maximum Gasteiger partial charge on any atom is 0.0560 e. The molecular formula is C31H24. The van der Waals surface area contributed by atoms with Gasteiger partial charge in [0, 0.05) is 5.92 Å². The summed E-state index contributed by atoms with van der Waals surface area (Å²) in [5.41, 5.74) is 6.65. The number of benzene rings is 3. The molecule has 0 atom stereocenters. The molecule has 0 amide bonds. The minimum atomic E-state index is -0.305. The molecule has 0 fully saturated rings. The van der Waals surface area contributed by atoms with Gasteiger partial charge in [0.2, 0.25) is 0 Å². The molecule has 0 aromatic heterocycles. The van der Waals surface area contributed by atoms with E-state index in [1.807, 2.05) is 0 Å². The summed E-state index contributed by atoms with van der Waals surface area (Å²) >= 11 is 0. The van der Waals surface area contributed by atoms with Crippen LogP contribution in [-0.4, -0.2) is 0 Å². The maximum absolute atomic E-state index is 2.37. The third-order valence-electron chi connectivity index (χ3n) is 6.94. The van der Waals surface area contributed by atoms with E-state index in [0.717, 1.165) is 6.42 Å². The molecular weight excluding hydrogens is 372 g/mol. The van der Waals surface area contributed by atoms with Crippen molar-refractivity contribution in [2.75, 3.05) is 0 Å². The first kappa shape index (κ1) is 18.2. The first-order valence-electron chi connectivity index (χ1n) is 11.1. The summed E-state index contributed by atoms with van der Waals surface area (Å²) in [7, 11) is 0. The normalized spacial score (nSPS) is 17.1. The van der Waals surface area contributed by atoms with Gasteiger partial charge in [-0.1, -0.05) is 127 Å². The lowest BCUT2D eigenvalue weighted by Gasteiger charge is -2.42. The van der Waals surface area contributed by atoms with Gasteiger partial charge < -0.3 is 0 Å². The van der Waals surface area contributed by atoms with Crippen molar-refractivity contribution in [3.05, 3.63) is 155 Å². The predicted molar refractivity (Wildman–Crippen MR) is 130 cm³/mol. The van der Waals surface area contributed by atoms with E-state index in [1.165, 1.54) is 38.3 Å². The van der Waals surface area contributed by atoms with Crippen molar-refractivity contribution in [3.8, 4) is 0 Å². The van der Waals surface area contributed by atoms with Crippen LogP contribution in [0.3, 0.4) is 0 Å². The fraction of sp³-hybridized carbons (Fsp3) is 0.0968. The average molecular weight is 397 g/mol. The second-order valence-electron chi connectivity index (χ2n) is 8.45. The second kappa shape index (κ2) is 7.25. The number of fused-ring (bicyclic) bond motifs is 2. The third kappa shape index (κ3) is 2.61. The molecule has 0 saturated heterocycles. The minimum Gasteiger partial charge on any atom is -0.0801 e. The van der Waals surface area contributed by atoms with Gasteiger partial charge in [-0.05, 0) is 44.7 Å². The van der Waals surface area contributed by atoms with Gasteiger partial charge >= 0.3 is 0 Å². The van der Waals surface area contributed by atoms with Crippen LogP contribution in [0.5, 0.6) is 0 Å². The highest BCUT2D eigenvalue weighted by molar-refractivity contribution is 5.97. The van der Waals surface area contributed by atoms with Crippen molar-refractivity contribution in [3.63, 3.8) is 0 Å². The highest BCUT2D eigenvalue weighted by atomic mass is 14.5. The summed E-state index contributed by atoms with van der Waals surface area (Å²) < 4.78 is 0. The molecule has 3 aromatic carbocycles. The SMILES string of the molecule is C1=CCC2=c3ccccc3=C(C(c3ccccc3)(c3ccccc3)C3C=CC=C3)C2=C1. The lowest BCUT2D eigenvalue weighted by atomic mass is 9.59. The zero-order chi connectivity index (χ0) is 20.7. The number of allylic oxidation sites excluding steroid dienone is 8. The standard InChI is InChI=1S/C31H24/c1-3-13-23(14-4-1)31(25-17-7-8-18-25,24-15-5-2-6-16-24)30-28-21-11-9-19-26(28)27-20-10-12-22-29(27)30/h1-19,21-22,25H,20H2. The van der Waals surface area contributed by atoms with Crippen LogP contribution in [0.4, 0.5) is 0 Å². The molecule has 0 saturated carbocycles. The zero-order valence-electron chi connectivity index (χ0n) is 17.4. The first-order chi connectivity index (χ1) is 15.4. The maximum atomic E-state index is 2.37. The number of hydrogen-bond donors (Lipinski definition) is 0. The average Bonchev–Trinajstić information content (AvgIpc) is 3.49. The van der Waals surface area contributed by atoms with Crippen LogP contribution >= 0.6 is 0 Å². The molecule has 148 valence electrons. The van der Waals surface area contributed by atoms with Crippen LogP contribution in [0.15, 0.2) is 133 Å². The summed E-state index contributed by atoms with van der Waals surface area (Å²) in [5, 5.41) is 2.75. The van der Waals surface area contributed by atoms with E-state index in [2.05, 4.69) is 127 Å². The molecule has 3 aliphatic carbocycles. The summed E-state index contributed by atoms with van der Waals surface area (Å²) in [5.74, 6) is 0.242. The first-order valence-corrected chi connectivity index (χ1v) is 11.1. The summed E-state index contributed by atoms with van der Waals surface area (Å²) in [6.45, 7) is 0. The molecule has 0 radical (unpaired) electrons. The van der Waals surface area contributed by atoms with Crippen LogP contribution in [0.1, 0.15) is 17.5 Å². The Hall–Kier alpha value is -3.64. The van der Waals surface area contributed by atoms with Crippen molar-refractivity contribution in [1.29, 1.82) is 0 Å². The van der Waals surface area contributed by atoms with Crippen molar-refractivity contribution in [1.82, 2.24) is 0 Å². The summed E-state index contributed by atoms with van der Waals surface area (Å²) in [4.78, 5) is 0. The molecule has 0 bridgehead atoms. The summed E-state index contributed by atoms with van der Waals surface area (Å²) in [6, 6.07) is 31.1. The highest BCUT2D eigenvalue weighted by Crippen LogP contribution is 2.53. The van der Waals surface area contributed by atoms with Gasteiger partial charge in [0.05, 0.1) is 5.41 Å². The molecule has 6 rings (SSSR count). The smallest absolute Gasteiger partial charge is 0.0560 e. The molecule has 3 aromatic rings. The minimum absolute atomic E-state index is 0.242. The van der Waals surface area contributed by atoms with E-state index >= 15 is 0 Å². The Morgan fingerprint density at radius 1 is 0.613 bits per heavy atom. The van der Waals surface area contributed by atoms with Gasteiger partial charge in [-0.2, -0.15) is 0 Å². The van der Waals surface area contributed by atoms with E-state index in [9.17, 15) is 0 Å². The van der Waals surface area contributed by atoms with E-state index in [-0.39, 0.29) is 11.3 Å². The van der Waals surface area contributed by atoms with E-state index in [4.69, 9.17) is 0 Å². The Balaban J connectivity index is 1.82. The van der Waals surface area contributed by atoms with Gasteiger partial charge in [-0.15, -0.1) is 0 Å². The second-order valence-corrected chi connectivity index (χ2v) is 8.45. The van der Waals surface area contributed by atoms with Gasteiger partial charge in [0.1, 0.15) is 0 Å². The predicted octanol–water partition coefficient (Wildman–Crippen LogP) is 5.62. The van der Waals surface area contributed by atoms with Gasteiger partial charge in [-0.25, -0.2) is 0 Å². The molecule has 0 spiro atoms. The largest absolute Gasteiger partial charge is 0.0801 e. The Morgan fingerprint density at radius 2 is 1.19 bits per heavy atom. The van der Waals surface area contributed by atoms with Crippen LogP contribution in [0, 0.1) is 5.92 Å². The van der Waals surface area contributed by atoms with Crippen LogP contribution in [0.2, 0.25) is 0 Å². The molecule has 0 aliphatic heterocycles. The molecule has 0 heteroatoms. The molecule has 0 N–H and O–H groups in total. The van der Waals surface area contributed by atoms with Crippen LogP contribution in [-0.2, 0) is 5.41 Å². The third-order valence-corrected chi connectivity index (χ3v) is 6.94.